The largest absolute Gasteiger partial charge is 0.343 e. The average molecular weight is 405 g/mol. The number of allylic oxidation sites excluding steroid dienone is 2. The normalized spacial score (nSPS) is 20.9. The molecule has 0 saturated carbocycles. The highest BCUT2D eigenvalue weighted by Gasteiger charge is 2.39. The summed E-state index contributed by atoms with van der Waals surface area (Å²) in [4.78, 5) is 17.2. The third-order valence-electron chi connectivity index (χ3n) is 5.74. The number of ketones is 1. The monoisotopic (exact) mass is 404 g/mol. The van der Waals surface area contributed by atoms with E-state index < -0.39 is 0 Å². The van der Waals surface area contributed by atoms with E-state index in [1.54, 1.807) is 12.4 Å². The highest BCUT2D eigenvalue weighted by molar-refractivity contribution is 6.30. The standard InChI is InChI=1S/C23H21ClN4O/c1-13-11-18-21(19(29)12-13)22(16-7-9-25-10-8-16)28-23(26-18)20(14(2)27-28)15-3-5-17(24)6-4-15/h3-10,13,22,26H,11-12H2,1-2H3/t13-,22-/m0/s1. The van der Waals surface area contributed by atoms with Gasteiger partial charge in [0, 0.05) is 40.7 Å². The predicted octanol–water partition coefficient (Wildman–Crippen LogP) is 5.17. The number of Topliss-reactive ketones (excluding diaryl/α,β-unsaturated/α-hetero) is 1. The summed E-state index contributed by atoms with van der Waals surface area (Å²) in [7, 11) is 0. The molecule has 5 nitrogen and oxygen atoms in total. The number of anilines is 1. The Morgan fingerprint density at radius 3 is 2.55 bits per heavy atom. The van der Waals surface area contributed by atoms with Crippen LogP contribution in [0.15, 0.2) is 60.1 Å². The second-order valence-electron chi connectivity index (χ2n) is 7.90. The molecule has 0 saturated heterocycles. The van der Waals surface area contributed by atoms with Crippen LogP contribution < -0.4 is 5.32 Å². The first-order valence-corrected chi connectivity index (χ1v) is 10.2. The number of hydrogen-bond donors (Lipinski definition) is 1. The molecule has 2 aliphatic rings. The average Bonchev–Trinajstić information content (AvgIpc) is 3.03. The van der Waals surface area contributed by atoms with Gasteiger partial charge in [0.1, 0.15) is 11.9 Å². The first kappa shape index (κ1) is 18.1. The van der Waals surface area contributed by atoms with Crippen molar-refractivity contribution in [3.63, 3.8) is 0 Å². The lowest BCUT2D eigenvalue weighted by molar-refractivity contribution is -0.117. The molecule has 2 aromatic heterocycles. The number of aryl methyl sites for hydroxylation is 1. The summed E-state index contributed by atoms with van der Waals surface area (Å²) in [6.45, 7) is 4.13. The van der Waals surface area contributed by atoms with Gasteiger partial charge in [-0.1, -0.05) is 30.7 Å². The molecule has 6 heteroatoms. The zero-order valence-corrected chi connectivity index (χ0v) is 17.1. The van der Waals surface area contributed by atoms with Crippen molar-refractivity contribution in [3.05, 3.63) is 76.3 Å². The second-order valence-corrected chi connectivity index (χ2v) is 8.33. The fourth-order valence-electron chi connectivity index (χ4n) is 4.50. The number of nitrogens with one attached hydrogen (secondary N) is 1. The number of nitrogens with zero attached hydrogens (tertiary/aromatic N) is 3. The Labute approximate surface area is 174 Å². The Balaban J connectivity index is 1.74. The Bertz CT molecular complexity index is 1130. The van der Waals surface area contributed by atoms with Gasteiger partial charge in [0.15, 0.2) is 5.78 Å². The zero-order valence-electron chi connectivity index (χ0n) is 16.3. The number of pyridine rings is 1. The van der Waals surface area contributed by atoms with E-state index in [-0.39, 0.29) is 11.8 Å². The molecule has 0 spiro atoms. The maximum atomic E-state index is 13.1. The number of benzene rings is 1. The molecule has 5 rings (SSSR count). The minimum atomic E-state index is -0.246. The van der Waals surface area contributed by atoms with Crippen molar-refractivity contribution in [1.82, 2.24) is 14.8 Å². The summed E-state index contributed by atoms with van der Waals surface area (Å²) in [6, 6.07) is 11.5. The molecule has 1 aromatic carbocycles. The highest BCUT2D eigenvalue weighted by atomic mass is 35.5. The molecule has 1 N–H and O–H groups in total. The fraction of sp³-hybridized carbons (Fsp3) is 0.261. The molecule has 0 bridgehead atoms. The molecule has 1 aliphatic carbocycles. The van der Waals surface area contributed by atoms with Gasteiger partial charge in [0.2, 0.25) is 0 Å². The Morgan fingerprint density at radius 1 is 1.10 bits per heavy atom. The van der Waals surface area contributed by atoms with Gasteiger partial charge < -0.3 is 5.32 Å². The van der Waals surface area contributed by atoms with Crippen LogP contribution in [0.1, 0.15) is 37.1 Å². The van der Waals surface area contributed by atoms with Crippen molar-refractivity contribution in [2.75, 3.05) is 5.32 Å². The lowest BCUT2D eigenvalue weighted by atomic mass is 9.81. The van der Waals surface area contributed by atoms with Crippen molar-refractivity contribution in [1.29, 1.82) is 0 Å². The van der Waals surface area contributed by atoms with E-state index in [0.29, 0.717) is 17.4 Å². The van der Waals surface area contributed by atoms with E-state index in [9.17, 15) is 4.79 Å². The minimum absolute atomic E-state index is 0.194. The van der Waals surface area contributed by atoms with Gasteiger partial charge in [-0.15, -0.1) is 0 Å². The van der Waals surface area contributed by atoms with Crippen LogP contribution in [0, 0.1) is 12.8 Å². The van der Waals surface area contributed by atoms with Crippen LogP contribution in [-0.2, 0) is 4.79 Å². The molecule has 0 unspecified atom stereocenters. The van der Waals surface area contributed by atoms with Crippen molar-refractivity contribution in [2.24, 2.45) is 5.92 Å². The van der Waals surface area contributed by atoms with E-state index in [0.717, 1.165) is 45.9 Å². The molecular formula is C23H21ClN4O. The van der Waals surface area contributed by atoms with Crippen LogP contribution in [0.3, 0.4) is 0 Å². The van der Waals surface area contributed by atoms with E-state index in [2.05, 4.69) is 17.2 Å². The quantitative estimate of drug-likeness (QED) is 0.639. The Kier molecular flexibility index (Phi) is 4.28. The summed E-state index contributed by atoms with van der Waals surface area (Å²) in [5.74, 6) is 1.44. The number of rotatable bonds is 2. The molecule has 3 aromatic rings. The first-order chi connectivity index (χ1) is 14.0. The maximum absolute atomic E-state index is 13.1. The molecule has 3 heterocycles. The molecule has 146 valence electrons. The fourth-order valence-corrected chi connectivity index (χ4v) is 4.62. The van der Waals surface area contributed by atoms with E-state index in [1.807, 2.05) is 48.0 Å². The third kappa shape index (κ3) is 2.97. The third-order valence-corrected chi connectivity index (χ3v) is 5.99. The van der Waals surface area contributed by atoms with Crippen LogP contribution in [0.5, 0.6) is 0 Å². The number of fused-ring (bicyclic) bond motifs is 1. The van der Waals surface area contributed by atoms with Crippen LogP contribution in [-0.4, -0.2) is 20.5 Å². The summed E-state index contributed by atoms with van der Waals surface area (Å²) >= 11 is 6.10. The van der Waals surface area contributed by atoms with Gasteiger partial charge in [-0.3, -0.25) is 9.78 Å². The van der Waals surface area contributed by atoms with Gasteiger partial charge in [0.05, 0.1) is 5.69 Å². The number of carbonyl (C=O) groups is 1. The number of hydrogen-bond acceptors (Lipinski definition) is 4. The maximum Gasteiger partial charge on any atom is 0.163 e. The molecule has 2 atom stereocenters. The minimum Gasteiger partial charge on any atom is -0.343 e. The van der Waals surface area contributed by atoms with Crippen molar-refractivity contribution in [2.45, 2.75) is 32.7 Å². The zero-order chi connectivity index (χ0) is 20.1. The van der Waals surface area contributed by atoms with Crippen molar-refractivity contribution >= 4 is 23.2 Å². The smallest absolute Gasteiger partial charge is 0.163 e. The predicted molar refractivity (Wildman–Crippen MR) is 114 cm³/mol. The Hall–Kier alpha value is -2.92. The summed E-state index contributed by atoms with van der Waals surface area (Å²) in [6.07, 6.45) is 4.96. The molecule has 0 radical (unpaired) electrons. The van der Waals surface area contributed by atoms with Crippen molar-refractivity contribution in [3.8, 4) is 11.1 Å². The topological polar surface area (TPSA) is 59.8 Å². The van der Waals surface area contributed by atoms with Gasteiger partial charge in [-0.2, -0.15) is 5.10 Å². The summed E-state index contributed by atoms with van der Waals surface area (Å²) < 4.78 is 1.96. The number of halogens is 1. The van der Waals surface area contributed by atoms with Gasteiger partial charge >= 0.3 is 0 Å². The second kappa shape index (κ2) is 6.85. The first-order valence-electron chi connectivity index (χ1n) is 9.81. The number of carbonyl (C=O) groups excluding carboxylic acids is 1. The number of aromatic nitrogens is 3. The van der Waals surface area contributed by atoms with Gasteiger partial charge in [-0.25, -0.2) is 4.68 Å². The van der Waals surface area contributed by atoms with Crippen LogP contribution in [0.2, 0.25) is 5.02 Å². The SMILES string of the molecule is Cc1nn2c(c1-c1ccc(Cl)cc1)NC1=C(C(=O)C[C@@H](C)C1)[C@@H]2c1ccncc1. The highest BCUT2D eigenvalue weighted by Crippen LogP contribution is 2.45. The van der Waals surface area contributed by atoms with Crippen LogP contribution in [0.4, 0.5) is 5.82 Å². The lowest BCUT2D eigenvalue weighted by Crippen LogP contribution is -2.33. The molecular weight excluding hydrogens is 384 g/mol. The lowest BCUT2D eigenvalue weighted by Gasteiger charge is -2.35. The van der Waals surface area contributed by atoms with Crippen molar-refractivity contribution < 1.29 is 4.79 Å². The molecule has 29 heavy (non-hydrogen) atoms. The Morgan fingerprint density at radius 2 is 1.83 bits per heavy atom. The summed E-state index contributed by atoms with van der Waals surface area (Å²) in [5.41, 5.74) is 5.86. The van der Waals surface area contributed by atoms with Gasteiger partial charge in [0.25, 0.3) is 0 Å². The van der Waals surface area contributed by atoms with E-state index >= 15 is 0 Å². The van der Waals surface area contributed by atoms with E-state index in [4.69, 9.17) is 16.7 Å². The van der Waals surface area contributed by atoms with Crippen LogP contribution >= 0.6 is 11.6 Å². The molecule has 0 amide bonds. The van der Waals surface area contributed by atoms with Crippen LogP contribution in [0.25, 0.3) is 11.1 Å². The summed E-state index contributed by atoms with van der Waals surface area (Å²) in [5, 5.41) is 9.14. The molecule has 0 fully saturated rings. The molecule has 1 aliphatic heterocycles. The van der Waals surface area contributed by atoms with E-state index in [1.165, 1.54) is 0 Å². The van der Waals surface area contributed by atoms with Gasteiger partial charge in [-0.05, 0) is 54.7 Å².